The molecule has 0 atom stereocenters. The predicted octanol–water partition coefficient (Wildman–Crippen LogP) is 3.73. The Labute approximate surface area is 109 Å². The van der Waals surface area contributed by atoms with Gasteiger partial charge in [-0.2, -0.15) is 0 Å². The van der Waals surface area contributed by atoms with E-state index in [0.29, 0.717) is 5.69 Å². The van der Waals surface area contributed by atoms with E-state index >= 15 is 0 Å². The van der Waals surface area contributed by atoms with E-state index in [2.05, 4.69) is 25.7 Å². The maximum atomic E-state index is 11.2. The third kappa shape index (κ3) is 2.18. The molecule has 3 nitrogen and oxygen atoms in total. The Balaban J connectivity index is 2.35. The van der Waals surface area contributed by atoms with Crippen molar-refractivity contribution in [2.75, 3.05) is 7.11 Å². The number of thiazole rings is 1. The van der Waals surface area contributed by atoms with Crippen LogP contribution < -0.4 is 0 Å². The molecule has 0 bridgehead atoms. The SMILES string of the molecule is COC(=O)c1csc(-c2cc(Br)c(C)s2)n1. The van der Waals surface area contributed by atoms with Crippen molar-refractivity contribution in [3.8, 4) is 9.88 Å². The van der Waals surface area contributed by atoms with Crippen molar-refractivity contribution < 1.29 is 9.53 Å². The Kier molecular flexibility index (Phi) is 3.41. The summed E-state index contributed by atoms with van der Waals surface area (Å²) in [6.07, 6.45) is 0. The lowest BCUT2D eigenvalue weighted by molar-refractivity contribution is 0.0595. The van der Waals surface area contributed by atoms with E-state index in [1.165, 1.54) is 23.3 Å². The van der Waals surface area contributed by atoms with Gasteiger partial charge in [0.15, 0.2) is 5.69 Å². The lowest BCUT2D eigenvalue weighted by Crippen LogP contribution is -2.00. The van der Waals surface area contributed by atoms with E-state index in [9.17, 15) is 4.79 Å². The molecule has 2 heterocycles. The number of methoxy groups -OCH3 is 1. The van der Waals surface area contributed by atoms with Crippen LogP contribution in [-0.2, 0) is 4.74 Å². The first kappa shape index (κ1) is 11.8. The Bertz CT molecular complexity index is 513. The van der Waals surface area contributed by atoms with Gasteiger partial charge in [-0.15, -0.1) is 22.7 Å². The molecule has 0 aromatic carbocycles. The van der Waals surface area contributed by atoms with Crippen molar-refractivity contribution in [2.24, 2.45) is 0 Å². The maximum absolute atomic E-state index is 11.2. The summed E-state index contributed by atoms with van der Waals surface area (Å²) in [5.41, 5.74) is 0.365. The van der Waals surface area contributed by atoms with Crippen molar-refractivity contribution >= 4 is 44.6 Å². The standard InChI is InChI=1S/C10H8BrNO2S2/c1-5-6(11)3-8(16-5)9-12-7(4-15-9)10(13)14-2/h3-4H,1-2H3. The largest absolute Gasteiger partial charge is 0.464 e. The average molecular weight is 318 g/mol. The fraction of sp³-hybridized carbons (Fsp3) is 0.200. The number of aromatic nitrogens is 1. The molecule has 0 unspecified atom stereocenters. The van der Waals surface area contributed by atoms with Gasteiger partial charge in [0.2, 0.25) is 0 Å². The van der Waals surface area contributed by atoms with Gasteiger partial charge in [0.05, 0.1) is 12.0 Å². The second-order valence-electron chi connectivity index (χ2n) is 3.04. The fourth-order valence-electron chi connectivity index (χ4n) is 1.15. The second kappa shape index (κ2) is 4.65. The summed E-state index contributed by atoms with van der Waals surface area (Å²) < 4.78 is 5.69. The molecular weight excluding hydrogens is 310 g/mol. The van der Waals surface area contributed by atoms with Gasteiger partial charge in [0, 0.05) is 14.7 Å². The number of hydrogen-bond donors (Lipinski definition) is 0. The highest BCUT2D eigenvalue weighted by Gasteiger charge is 2.13. The van der Waals surface area contributed by atoms with Crippen LogP contribution in [0.3, 0.4) is 0 Å². The summed E-state index contributed by atoms with van der Waals surface area (Å²) in [5.74, 6) is -0.394. The quantitative estimate of drug-likeness (QED) is 0.792. The lowest BCUT2D eigenvalue weighted by Gasteiger charge is -1.91. The molecular formula is C10H8BrNO2S2. The molecule has 0 N–H and O–H groups in total. The van der Waals surface area contributed by atoms with E-state index in [0.717, 1.165) is 14.4 Å². The third-order valence-corrected chi connectivity index (χ3v) is 5.11. The minimum Gasteiger partial charge on any atom is -0.464 e. The minimum atomic E-state index is -0.394. The Hall–Kier alpha value is -0.720. The molecule has 0 aliphatic rings. The normalized spacial score (nSPS) is 10.4. The zero-order chi connectivity index (χ0) is 11.7. The first-order valence-corrected chi connectivity index (χ1v) is 6.91. The highest BCUT2D eigenvalue weighted by Crippen LogP contribution is 2.35. The van der Waals surface area contributed by atoms with Crippen LogP contribution in [0, 0.1) is 6.92 Å². The number of hydrogen-bond acceptors (Lipinski definition) is 5. The predicted molar refractivity (Wildman–Crippen MR) is 69.2 cm³/mol. The van der Waals surface area contributed by atoms with E-state index < -0.39 is 5.97 Å². The number of halogens is 1. The van der Waals surface area contributed by atoms with Crippen LogP contribution in [0.5, 0.6) is 0 Å². The molecule has 2 rings (SSSR count). The molecule has 0 fully saturated rings. The molecule has 0 aliphatic heterocycles. The van der Waals surface area contributed by atoms with Crippen LogP contribution in [0.4, 0.5) is 0 Å². The number of thiophene rings is 1. The van der Waals surface area contributed by atoms with Gasteiger partial charge in [-0.3, -0.25) is 0 Å². The number of nitrogens with zero attached hydrogens (tertiary/aromatic N) is 1. The second-order valence-corrected chi connectivity index (χ2v) is 6.01. The monoisotopic (exact) mass is 317 g/mol. The molecule has 0 aliphatic carbocycles. The van der Waals surface area contributed by atoms with Gasteiger partial charge >= 0.3 is 5.97 Å². The van der Waals surface area contributed by atoms with Crippen LogP contribution in [-0.4, -0.2) is 18.1 Å². The topological polar surface area (TPSA) is 39.2 Å². The number of carbonyl (C=O) groups is 1. The third-order valence-electron chi connectivity index (χ3n) is 1.97. The van der Waals surface area contributed by atoms with Crippen LogP contribution in [0.1, 0.15) is 15.4 Å². The molecule has 0 saturated heterocycles. The van der Waals surface area contributed by atoms with Gasteiger partial charge in [-0.25, -0.2) is 9.78 Å². The molecule has 2 aromatic heterocycles. The van der Waals surface area contributed by atoms with Crippen LogP contribution in [0.2, 0.25) is 0 Å². The van der Waals surface area contributed by atoms with Crippen molar-refractivity contribution in [1.29, 1.82) is 0 Å². The van der Waals surface area contributed by atoms with Crippen molar-refractivity contribution in [2.45, 2.75) is 6.92 Å². The van der Waals surface area contributed by atoms with Crippen molar-refractivity contribution in [3.05, 3.63) is 26.5 Å². The summed E-state index contributed by atoms with van der Waals surface area (Å²) in [6, 6.07) is 2.01. The molecule has 6 heteroatoms. The average Bonchev–Trinajstić information content (AvgIpc) is 2.86. The van der Waals surface area contributed by atoms with Gasteiger partial charge < -0.3 is 4.74 Å². The minimum absolute atomic E-state index is 0.365. The summed E-state index contributed by atoms with van der Waals surface area (Å²) >= 11 is 6.55. The molecule has 16 heavy (non-hydrogen) atoms. The zero-order valence-corrected chi connectivity index (χ0v) is 11.8. The van der Waals surface area contributed by atoms with Gasteiger partial charge in [0.1, 0.15) is 5.01 Å². The van der Waals surface area contributed by atoms with Crippen molar-refractivity contribution in [1.82, 2.24) is 4.98 Å². The molecule has 0 saturated carbocycles. The lowest BCUT2D eigenvalue weighted by atomic mass is 10.4. The summed E-state index contributed by atoms with van der Waals surface area (Å²) in [5, 5.41) is 2.56. The highest BCUT2D eigenvalue weighted by atomic mass is 79.9. The molecule has 2 aromatic rings. The number of aryl methyl sites for hydroxylation is 1. The van der Waals surface area contributed by atoms with Gasteiger partial charge in [0.25, 0.3) is 0 Å². The van der Waals surface area contributed by atoms with E-state index in [-0.39, 0.29) is 0 Å². The molecule has 0 spiro atoms. The zero-order valence-electron chi connectivity index (χ0n) is 8.61. The molecule has 84 valence electrons. The summed E-state index contributed by atoms with van der Waals surface area (Å²) in [6.45, 7) is 2.03. The number of esters is 1. The highest BCUT2D eigenvalue weighted by molar-refractivity contribution is 9.10. The first-order chi connectivity index (χ1) is 7.61. The van der Waals surface area contributed by atoms with Gasteiger partial charge in [-0.1, -0.05) is 0 Å². The number of ether oxygens (including phenoxy) is 1. The van der Waals surface area contributed by atoms with E-state index in [1.54, 1.807) is 16.7 Å². The fourth-order valence-corrected chi connectivity index (χ4v) is 3.54. The summed E-state index contributed by atoms with van der Waals surface area (Å²) in [4.78, 5) is 17.7. The maximum Gasteiger partial charge on any atom is 0.357 e. The van der Waals surface area contributed by atoms with E-state index in [4.69, 9.17) is 0 Å². The smallest absolute Gasteiger partial charge is 0.357 e. The van der Waals surface area contributed by atoms with Crippen LogP contribution in [0.15, 0.2) is 15.9 Å². The molecule has 0 amide bonds. The summed E-state index contributed by atoms with van der Waals surface area (Å²) in [7, 11) is 1.35. The Morgan fingerprint density at radius 1 is 1.56 bits per heavy atom. The van der Waals surface area contributed by atoms with E-state index in [1.807, 2.05) is 13.0 Å². The Morgan fingerprint density at radius 3 is 2.88 bits per heavy atom. The van der Waals surface area contributed by atoms with Crippen molar-refractivity contribution in [3.63, 3.8) is 0 Å². The Morgan fingerprint density at radius 2 is 2.31 bits per heavy atom. The first-order valence-electron chi connectivity index (χ1n) is 4.42. The molecule has 0 radical (unpaired) electrons. The van der Waals surface area contributed by atoms with Crippen LogP contribution in [0.25, 0.3) is 9.88 Å². The number of carbonyl (C=O) groups excluding carboxylic acids is 1. The van der Waals surface area contributed by atoms with Gasteiger partial charge in [-0.05, 0) is 28.9 Å². The van der Waals surface area contributed by atoms with Crippen LogP contribution >= 0.6 is 38.6 Å². The number of rotatable bonds is 2.